The zero-order chi connectivity index (χ0) is 87.2. The van der Waals surface area contributed by atoms with Crippen molar-refractivity contribution in [1.29, 1.82) is 0 Å². The summed E-state index contributed by atoms with van der Waals surface area (Å²) in [5, 5.41) is 146. The first-order valence-electron chi connectivity index (χ1n) is 37.9. The molecule has 0 saturated carbocycles. The largest absolute Gasteiger partial charge is 0.508 e. The molecule has 11 bridgehead atoms. The van der Waals surface area contributed by atoms with Crippen molar-refractivity contribution in [2.45, 2.75) is 161 Å². The summed E-state index contributed by atoms with van der Waals surface area (Å²) >= 11 is 14.3. The first kappa shape index (κ1) is 88.5. The van der Waals surface area contributed by atoms with Crippen molar-refractivity contribution < 1.29 is 132 Å². The summed E-state index contributed by atoms with van der Waals surface area (Å²) in [4.78, 5) is 133. The maximum atomic E-state index is 16.3. The number of hydrogen-bond acceptors (Lipinski definition) is 28. The van der Waals surface area contributed by atoms with Crippen LogP contribution in [0.1, 0.15) is 102 Å². The summed E-state index contributed by atoms with van der Waals surface area (Å²) in [6, 6.07) is 11.1. The van der Waals surface area contributed by atoms with E-state index in [1.54, 1.807) is 68.5 Å². The van der Waals surface area contributed by atoms with Crippen molar-refractivity contribution in [3.63, 3.8) is 0 Å². The van der Waals surface area contributed by atoms with Gasteiger partial charge in [0.15, 0.2) is 23.9 Å². The number of carboxylic acids is 1. The summed E-state index contributed by atoms with van der Waals surface area (Å²) in [6.07, 6.45) is -17.5. The van der Waals surface area contributed by atoms with Crippen LogP contribution in [0.25, 0.3) is 11.1 Å². The minimum Gasteiger partial charge on any atom is -0.508 e. The third-order valence-corrected chi connectivity index (χ3v) is 21.6. The van der Waals surface area contributed by atoms with Gasteiger partial charge in [0, 0.05) is 42.1 Å². The number of hydrogen-bond donors (Lipinski definition) is 21. The van der Waals surface area contributed by atoms with Crippen molar-refractivity contribution >= 4 is 76.4 Å². The first-order chi connectivity index (χ1) is 57.6. The molecule has 0 radical (unpaired) electrons. The number of ether oxygens (including phenoxy) is 7. The lowest BCUT2D eigenvalue weighted by atomic mass is 9.84. The number of aliphatic carboxylic acids is 1. The van der Waals surface area contributed by atoms with Crippen molar-refractivity contribution in [3.8, 4) is 62.9 Å². The van der Waals surface area contributed by atoms with E-state index >= 15 is 24.0 Å². The average Bonchev–Trinajstić information content (AvgIpc) is 0.765. The topological polar surface area (TPSA) is 589 Å². The number of aromatic hydroxyl groups is 3. The average molecular weight is 1720 g/mol. The lowest BCUT2D eigenvalue weighted by Crippen LogP contribution is -2.65. The minimum absolute atomic E-state index is 0.153. The van der Waals surface area contributed by atoms with Gasteiger partial charge < -0.3 is 143 Å². The number of fused-ring (bicyclic) bond motifs is 15. The lowest BCUT2D eigenvalue weighted by Gasteiger charge is -2.48. The lowest BCUT2D eigenvalue weighted by molar-refractivity contribution is -0.334. The highest BCUT2D eigenvalue weighted by molar-refractivity contribution is 6.32. The van der Waals surface area contributed by atoms with E-state index in [2.05, 4.69) is 49.1 Å². The van der Waals surface area contributed by atoms with E-state index in [0.717, 1.165) is 84.4 Å². The molecule has 23 N–H and O–H groups in total. The molecule has 0 aromatic heterocycles. The quantitative estimate of drug-likeness (QED) is 0.0336. The second-order valence-corrected chi connectivity index (χ2v) is 30.4. The highest BCUT2D eigenvalue weighted by Crippen LogP contribution is 2.50. The Morgan fingerprint density at radius 3 is 1.98 bits per heavy atom. The predicted octanol–water partition coefficient (Wildman–Crippen LogP) is 1.31. The number of phenols is 3. The Kier molecular flexibility index (Phi) is 27.7. The molecule has 0 spiro atoms. The van der Waals surface area contributed by atoms with E-state index in [1.165, 1.54) is 0 Å². The normalized spacial score (nSPS) is 26.6. The molecule has 2 saturated heterocycles. The second-order valence-electron chi connectivity index (χ2n) is 29.6. The zero-order valence-electron chi connectivity index (χ0n) is 64.4. The van der Waals surface area contributed by atoms with E-state index < -0.39 is 272 Å². The molecule has 39 heteroatoms. The Hall–Kier alpha value is -11.8. The molecule has 0 aliphatic carbocycles. The van der Waals surface area contributed by atoms with Crippen LogP contribution in [0.2, 0.25) is 10.0 Å². The third kappa shape index (κ3) is 20.0. The van der Waals surface area contributed by atoms with Crippen LogP contribution in [-0.4, -0.2) is 214 Å². The molecular weight excluding hydrogens is 1630 g/mol. The predicted molar refractivity (Wildman–Crippen MR) is 424 cm³/mol. The Labute approximate surface area is 698 Å². The molecule has 7 aromatic carbocycles. The van der Waals surface area contributed by atoms with Crippen molar-refractivity contribution in [2.75, 3.05) is 19.8 Å². The molecular formula is C82H88Cl2N10O27. The smallest absolute Gasteiger partial charge is 0.326 e. The van der Waals surface area contributed by atoms with Gasteiger partial charge in [-0.2, -0.15) is 0 Å². The molecule has 121 heavy (non-hydrogen) atoms. The molecule has 37 nitrogen and oxygen atoms in total. The van der Waals surface area contributed by atoms with Crippen molar-refractivity contribution in [2.24, 2.45) is 11.5 Å². The van der Waals surface area contributed by atoms with Crippen LogP contribution in [-0.2, 0) is 70.3 Å². The van der Waals surface area contributed by atoms with Gasteiger partial charge in [-0.3, -0.25) is 38.4 Å². The summed E-state index contributed by atoms with van der Waals surface area (Å²) in [7, 11) is 0. The summed E-state index contributed by atoms with van der Waals surface area (Å²) in [6.45, 7) is 5.47. The fourth-order valence-corrected chi connectivity index (χ4v) is 15.0. The molecule has 7 aliphatic rings. The maximum Gasteiger partial charge on any atom is 0.326 e. The number of aliphatic hydroxyl groups excluding tert-OH is 7. The van der Waals surface area contributed by atoms with Gasteiger partial charge in [-0.1, -0.05) is 89.9 Å². The van der Waals surface area contributed by atoms with Gasteiger partial charge >= 0.3 is 5.97 Å². The molecule has 8 amide bonds. The van der Waals surface area contributed by atoms with E-state index in [-0.39, 0.29) is 30.5 Å². The van der Waals surface area contributed by atoms with Crippen LogP contribution in [0.3, 0.4) is 0 Å². The number of rotatable bonds is 22. The number of phenolic OH excluding ortho intramolecular Hbond substituents is 3. The summed E-state index contributed by atoms with van der Waals surface area (Å²) in [5.74, 6) is -17.7. The number of benzene rings is 7. The number of nitrogens with two attached hydrogens (primary N) is 2. The maximum absolute atomic E-state index is 16.3. The van der Waals surface area contributed by atoms with Crippen LogP contribution < -0.4 is 72.9 Å². The third-order valence-electron chi connectivity index (χ3n) is 21.0. The van der Waals surface area contributed by atoms with Crippen molar-refractivity contribution in [1.82, 2.24) is 42.5 Å². The van der Waals surface area contributed by atoms with Crippen LogP contribution in [0.5, 0.6) is 51.7 Å². The molecule has 0 unspecified atom stereocenters. The van der Waals surface area contributed by atoms with E-state index in [0.29, 0.717) is 24.3 Å². The van der Waals surface area contributed by atoms with Crippen LogP contribution in [0.4, 0.5) is 0 Å². The van der Waals surface area contributed by atoms with Crippen LogP contribution in [0, 0.1) is 0 Å². The SMILES string of the molecule is C=CCCOc1cccc(CN[C@@]2(C)C[C@H](O[C@H]3[C@H](Oc4c5cc6cc4Oc4ccc(cc4Cl)[C@@H](O)[C@@H](NC(=O)[C@@H](N)CO)C(=O)N[C@@H](CC(N)=O)C(=O)N[C@H]6C(=O)N[C@H]4C(=O)N[C@H](C(=O)N[C@H](C(=O)N[C@@H](Cc6ccccc6)C(=O)O)c6cc(O)cc(O)c6-c6cc4ccc6O)[C@H](O)c4ccc(c(Cl)c4)O5)O[C@H](CO)[C@@H](O)[C@@H]3O)O[C@@H](C)[C@H]2O)c1. The Morgan fingerprint density at radius 2 is 1.34 bits per heavy atom. The summed E-state index contributed by atoms with van der Waals surface area (Å²) in [5.41, 5.74) is 8.30. The number of nitrogens with one attached hydrogen (secondary N) is 8. The zero-order valence-corrected chi connectivity index (χ0v) is 65.9. The first-order valence-corrected chi connectivity index (χ1v) is 38.7. The molecule has 7 aromatic rings. The van der Waals surface area contributed by atoms with Crippen molar-refractivity contribution in [3.05, 3.63) is 195 Å². The number of carboxylic acid groups (broad SMARTS) is 1. The van der Waals surface area contributed by atoms with Gasteiger partial charge in [0.05, 0.1) is 48.5 Å². The van der Waals surface area contributed by atoms with E-state index in [1.807, 2.05) is 6.07 Å². The van der Waals surface area contributed by atoms with Gasteiger partial charge in [0.2, 0.25) is 59.3 Å². The van der Waals surface area contributed by atoms with Gasteiger partial charge in [0.1, 0.15) is 113 Å². The highest BCUT2D eigenvalue weighted by Gasteiger charge is 2.52. The minimum atomic E-state index is -2.43. The standard InChI is InChI=1S/C82H88Cl2N10O27/c1-4-5-20-115-43-13-9-12-37(21-43)32-87-82(3)31-59(116-35(2)72(82)105)120-71-69(104)68(103)57(34-96)119-81(71)121-70-55-26-41-27-56(70)118-54-19-16-40(25-47(54)84)67(102)65-79(112)92-63(77(110)89-50(80(113)114)22-36-10-7-6-8-11-36)45-28-42(97)29-52(99)60(45)44-23-38(14-17-51(44)98)61(75(108)94-65)91-76(109)62(41)90-74(107)49(30-58(86)100)88-78(111)64(93-73(106)48(85)33-95)66(101)39-15-18-53(117-55)46(83)24-39/h4,6-19,21,23-29,35,48-50,57,59,61-69,71-72,81,87,95-99,101-105H,1,5,20,22,30-34,85H2,2-3H3,(H2,86,100)(H,88,111)(H,89,110)(H,90,107)(H,91,109)(H,92,112)(H,93,106)(H,94,108)(H,113,114)/t35-,48-,49-,50-,57+,59-,61+,62+,63-,64+,65-,66+,67+,68+,69-,71+,72+,81-,82-/m0/s1. The Morgan fingerprint density at radius 1 is 0.694 bits per heavy atom. The van der Waals surface area contributed by atoms with Gasteiger partial charge in [-0.25, -0.2) is 4.79 Å². The molecule has 642 valence electrons. The van der Waals surface area contributed by atoms with E-state index in [9.17, 15) is 75.3 Å². The number of carbonyl (C=O) groups excluding carboxylic acids is 8. The fraction of sp³-hybridized carbons (Fsp3) is 0.354. The Balaban J connectivity index is 1.05. The van der Waals surface area contributed by atoms with Crippen LogP contribution >= 0.6 is 23.2 Å². The molecule has 7 aliphatic heterocycles. The second kappa shape index (κ2) is 37.9. The fourth-order valence-electron chi connectivity index (χ4n) is 14.5. The highest BCUT2D eigenvalue weighted by atomic mass is 35.5. The molecule has 7 heterocycles. The van der Waals surface area contributed by atoms with E-state index in [4.69, 9.17) is 67.8 Å². The molecule has 19 atom stereocenters. The van der Waals surface area contributed by atoms with Gasteiger partial charge in [0.25, 0.3) is 0 Å². The number of aliphatic hydroxyl groups is 7. The summed E-state index contributed by atoms with van der Waals surface area (Å²) < 4.78 is 45.2. The van der Waals surface area contributed by atoms with Crippen LogP contribution in [0.15, 0.2) is 146 Å². The van der Waals surface area contributed by atoms with Gasteiger partial charge in [-0.05, 0) is 126 Å². The number of carbonyl (C=O) groups is 9. The molecule has 2 fully saturated rings. The Bertz CT molecular complexity index is 5110. The molecule has 14 rings (SSSR count). The number of halogens is 2. The number of amides is 8. The van der Waals surface area contributed by atoms with Gasteiger partial charge in [-0.15, -0.1) is 6.58 Å². The number of primary amides is 1. The monoisotopic (exact) mass is 1710 g/mol.